The van der Waals surface area contributed by atoms with Gasteiger partial charge in [-0.1, -0.05) is 54.4 Å². The van der Waals surface area contributed by atoms with Gasteiger partial charge < -0.3 is 10.6 Å². The van der Waals surface area contributed by atoms with Crippen LogP contribution in [0, 0.1) is 41.4 Å². The average molecular weight is 701 g/mol. The van der Waals surface area contributed by atoms with E-state index in [-0.39, 0.29) is 29.2 Å². The number of nitrogens with one attached hydrogen (secondary N) is 2. The Morgan fingerprint density at radius 2 is 1.33 bits per heavy atom. The molecule has 2 aliphatic heterocycles. The number of thiocarbonyl (C=S) groups is 2. The van der Waals surface area contributed by atoms with Gasteiger partial charge in [-0.05, 0) is 118 Å². The first kappa shape index (κ1) is 31.7. The zero-order valence-corrected chi connectivity index (χ0v) is 29.6. The van der Waals surface area contributed by atoms with E-state index < -0.39 is 0 Å². The zero-order valence-electron chi connectivity index (χ0n) is 26.3. The van der Waals surface area contributed by atoms with Gasteiger partial charge in [-0.15, -0.1) is 0 Å². The molecule has 8 rings (SSSR count). The van der Waals surface area contributed by atoms with E-state index in [4.69, 9.17) is 24.4 Å². The minimum atomic E-state index is -0.285. The molecule has 0 spiro atoms. The predicted molar refractivity (Wildman–Crippen MR) is 187 cm³/mol. The molecule has 4 amide bonds. The summed E-state index contributed by atoms with van der Waals surface area (Å²) in [6.45, 7) is 0.698. The van der Waals surface area contributed by atoms with Crippen molar-refractivity contribution in [3.05, 3.63) is 9.81 Å². The van der Waals surface area contributed by atoms with E-state index in [0.717, 1.165) is 84.7 Å². The molecule has 6 aliphatic carbocycles. The van der Waals surface area contributed by atoms with Crippen molar-refractivity contribution in [3.8, 4) is 0 Å². The van der Waals surface area contributed by atoms with Crippen molar-refractivity contribution in [1.82, 2.24) is 20.4 Å². The maximum atomic E-state index is 13.4. The van der Waals surface area contributed by atoms with E-state index in [0.29, 0.717) is 69.2 Å². The summed E-state index contributed by atoms with van der Waals surface area (Å²) in [5, 5.41) is 6.75. The Hall–Kier alpha value is -1.50. The molecule has 0 aromatic carbocycles. The summed E-state index contributed by atoms with van der Waals surface area (Å²) >= 11 is 13.4. The molecule has 0 aromatic rings. The van der Waals surface area contributed by atoms with Crippen LogP contribution in [0.5, 0.6) is 0 Å². The quantitative estimate of drug-likeness (QED) is 0.228. The number of thioether (sulfide) groups is 2. The molecule has 248 valence electrons. The normalized spacial score (nSPS) is 40.5. The van der Waals surface area contributed by atoms with Gasteiger partial charge in [0.05, 0.1) is 9.81 Å². The molecule has 8 nitrogen and oxygen atoms in total. The van der Waals surface area contributed by atoms with Gasteiger partial charge in [-0.3, -0.25) is 29.0 Å². The minimum Gasteiger partial charge on any atom is -0.353 e. The van der Waals surface area contributed by atoms with Gasteiger partial charge in [0.1, 0.15) is 8.64 Å². The molecule has 0 unspecified atom stereocenters. The Morgan fingerprint density at radius 3 is 2.02 bits per heavy atom. The number of nitrogens with zero attached hydrogens (tertiary/aromatic N) is 2. The van der Waals surface area contributed by atoms with E-state index in [2.05, 4.69) is 10.6 Å². The molecule has 12 heteroatoms. The van der Waals surface area contributed by atoms with Crippen LogP contribution in [0.1, 0.15) is 96.3 Å². The lowest BCUT2D eigenvalue weighted by atomic mass is 9.70. The fraction of sp³-hybridized carbons (Fsp3) is 0.765. The predicted octanol–water partition coefficient (Wildman–Crippen LogP) is 5.50. The lowest BCUT2D eigenvalue weighted by molar-refractivity contribution is -0.125. The van der Waals surface area contributed by atoms with Crippen LogP contribution in [0.3, 0.4) is 0 Å². The third kappa shape index (κ3) is 5.89. The van der Waals surface area contributed by atoms with Gasteiger partial charge in [-0.25, -0.2) is 0 Å². The van der Waals surface area contributed by atoms with Crippen LogP contribution in [-0.2, 0) is 19.2 Å². The van der Waals surface area contributed by atoms with Gasteiger partial charge in [-0.2, -0.15) is 0 Å². The summed E-state index contributed by atoms with van der Waals surface area (Å²) < 4.78 is 0.820. The number of amides is 4. The Kier molecular flexibility index (Phi) is 8.58. The monoisotopic (exact) mass is 700 g/mol. The van der Waals surface area contributed by atoms with Crippen LogP contribution >= 0.6 is 48.0 Å². The first-order valence-electron chi connectivity index (χ1n) is 17.6. The highest BCUT2D eigenvalue weighted by Crippen LogP contribution is 2.57. The zero-order chi connectivity index (χ0) is 31.7. The van der Waals surface area contributed by atoms with E-state index in [1.807, 2.05) is 0 Å². The first-order chi connectivity index (χ1) is 22.1. The molecule has 2 heterocycles. The van der Waals surface area contributed by atoms with Crippen LogP contribution in [0.15, 0.2) is 9.81 Å². The van der Waals surface area contributed by atoms with Gasteiger partial charge in [0.15, 0.2) is 0 Å². The lowest BCUT2D eigenvalue weighted by Crippen LogP contribution is -2.49. The molecule has 6 saturated carbocycles. The van der Waals surface area contributed by atoms with Crippen LogP contribution in [0.25, 0.3) is 0 Å². The minimum absolute atomic E-state index is 0.0130. The fourth-order valence-electron chi connectivity index (χ4n) is 11.1. The largest absolute Gasteiger partial charge is 0.353 e. The molecule has 8 fully saturated rings. The Balaban J connectivity index is 0.805. The number of carbonyl (C=O) groups excluding carboxylic acids is 4. The summed E-state index contributed by atoms with van der Waals surface area (Å²) in [5.74, 6) is 4.95. The average Bonchev–Trinajstić information content (AvgIpc) is 3.59. The molecule has 6 bridgehead atoms. The number of rotatable bonds is 10. The number of hydrogen-bond donors (Lipinski definition) is 2. The Morgan fingerprint density at radius 1 is 0.717 bits per heavy atom. The Bertz CT molecular complexity index is 1410. The van der Waals surface area contributed by atoms with Gasteiger partial charge >= 0.3 is 0 Å². The molecular weight excluding hydrogens is 657 g/mol. The molecule has 9 atom stereocenters. The highest BCUT2D eigenvalue weighted by Gasteiger charge is 2.53. The van der Waals surface area contributed by atoms with Crippen molar-refractivity contribution in [2.45, 2.75) is 108 Å². The molecule has 0 aromatic heterocycles. The lowest BCUT2D eigenvalue weighted by Gasteiger charge is -2.40. The summed E-state index contributed by atoms with van der Waals surface area (Å²) in [4.78, 5) is 56.4. The van der Waals surface area contributed by atoms with Crippen molar-refractivity contribution < 1.29 is 19.2 Å². The smallest absolute Gasteiger partial charge is 0.267 e. The van der Waals surface area contributed by atoms with Gasteiger partial charge in [0, 0.05) is 37.5 Å². The summed E-state index contributed by atoms with van der Waals surface area (Å²) in [5.41, 5.74) is -0.0130. The van der Waals surface area contributed by atoms with E-state index >= 15 is 0 Å². The van der Waals surface area contributed by atoms with Crippen molar-refractivity contribution in [1.29, 1.82) is 0 Å². The molecule has 2 N–H and O–H groups in total. The van der Waals surface area contributed by atoms with Crippen molar-refractivity contribution in [2.24, 2.45) is 41.4 Å². The molecule has 46 heavy (non-hydrogen) atoms. The SMILES string of the molecule is O=C(CCCN1C(=O)/C(=C2\SC(=S)N(CCCC(=O)N[C@@]34C[C@H]5CC[C@H](C3)[C@@H](C5)C4)C2=O)SC1=S)N[C@H]1C[C@H]2C[C@H]3C[C@@H](C2)[C@@H]1C3. The second kappa shape index (κ2) is 12.4. The maximum Gasteiger partial charge on any atom is 0.267 e. The number of hydrogen-bond acceptors (Lipinski definition) is 8. The van der Waals surface area contributed by atoms with Crippen LogP contribution < -0.4 is 10.6 Å². The second-order valence-corrected chi connectivity index (χ2v) is 19.0. The van der Waals surface area contributed by atoms with Crippen LogP contribution in [0.4, 0.5) is 0 Å². The van der Waals surface area contributed by atoms with E-state index in [1.54, 1.807) is 0 Å². The van der Waals surface area contributed by atoms with Crippen LogP contribution in [0.2, 0.25) is 0 Å². The van der Waals surface area contributed by atoms with Crippen molar-refractivity contribution in [2.75, 3.05) is 13.1 Å². The Labute approximate surface area is 290 Å². The fourth-order valence-corrected chi connectivity index (χ4v) is 13.9. The van der Waals surface area contributed by atoms with Gasteiger partial charge in [0.25, 0.3) is 11.8 Å². The number of carbonyl (C=O) groups is 4. The summed E-state index contributed by atoms with van der Waals surface area (Å²) in [6.07, 6.45) is 15.5. The highest BCUT2D eigenvalue weighted by molar-refractivity contribution is 8.29. The third-order valence-electron chi connectivity index (χ3n) is 12.7. The third-order valence-corrected chi connectivity index (χ3v) is 15.7. The van der Waals surface area contributed by atoms with Crippen LogP contribution in [-0.4, -0.2) is 66.7 Å². The number of fused-ring (bicyclic) bond motifs is 4. The first-order valence-corrected chi connectivity index (χ1v) is 20.0. The molecule has 0 radical (unpaired) electrons. The molecule has 8 aliphatic rings. The summed E-state index contributed by atoms with van der Waals surface area (Å²) in [7, 11) is 0. The maximum absolute atomic E-state index is 13.4. The van der Waals surface area contributed by atoms with Crippen molar-refractivity contribution in [3.63, 3.8) is 0 Å². The van der Waals surface area contributed by atoms with Gasteiger partial charge in [0.2, 0.25) is 11.8 Å². The molecular formula is C34H44N4O4S4. The second-order valence-electron chi connectivity index (χ2n) is 15.7. The topological polar surface area (TPSA) is 98.8 Å². The van der Waals surface area contributed by atoms with E-state index in [1.165, 1.54) is 54.7 Å². The van der Waals surface area contributed by atoms with Crippen molar-refractivity contribution >= 4 is 80.2 Å². The standard InChI is InChI=1S/C34H44N4O4S4/c39-26(35-25-14-20-9-19-11-22(12-20)24(25)13-19)3-1-7-37-30(41)28(45-32(37)43)29-31(42)38(33(44)46-29)8-2-4-27(40)36-34-15-18-5-6-21(16-34)23(10-18)17-34/h18-25H,1-17H2,(H,35,39)(H,36,40)/b29-28+/t18-,19-,20-,21+,22-,23-,24-,25-,34-/m0/s1. The van der Waals surface area contributed by atoms with E-state index in [9.17, 15) is 19.2 Å². The summed E-state index contributed by atoms with van der Waals surface area (Å²) in [6, 6.07) is 0.304. The highest BCUT2D eigenvalue weighted by atomic mass is 32.2. The molecule has 2 saturated heterocycles.